The molecule has 0 aromatic rings. The summed E-state index contributed by atoms with van der Waals surface area (Å²) >= 11 is 0. The van der Waals surface area contributed by atoms with Crippen LogP contribution in [0.1, 0.15) is 13.3 Å². The monoisotopic (exact) mass is 175 g/mol. The van der Waals surface area contributed by atoms with Crippen LogP contribution in [0.15, 0.2) is 48.7 Å². The van der Waals surface area contributed by atoms with E-state index in [4.69, 9.17) is 0 Å². The van der Waals surface area contributed by atoms with Crippen molar-refractivity contribution in [1.82, 2.24) is 4.90 Å². The summed E-state index contributed by atoms with van der Waals surface area (Å²) in [5, 5.41) is 0. The van der Waals surface area contributed by atoms with E-state index in [9.17, 15) is 0 Å². The summed E-state index contributed by atoms with van der Waals surface area (Å²) in [5.41, 5.74) is 2.58. The third-order valence-electron chi connectivity index (χ3n) is 2.47. The maximum absolute atomic E-state index is 3.83. The first-order valence-corrected chi connectivity index (χ1v) is 4.58. The van der Waals surface area contributed by atoms with Gasteiger partial charge >= 0.3 is 0 Å². The van der Waals surface area contributed by atoms with Gasteiger partial charge in [-0.1, -0.05) is 24.8 Å². The van der Waals surface area contributed by atoms with Crippen molar-refractivity contribution in [2.75, 3.05) is 7.05 Å². The molecule has 0 unspecified atom stereocenters. The lowest BCUT2D eigenvalue weighted by atomic mass is 10.1. The van der Waals surface area contributed by atoms with Crippen LogP contribution in [-0.2, 0) is 0 Å². The van der Waals surface area contributed by atoms with Gasteiger partial charge in [0.05, 0.1) is 6.04 Å². The third kappa shape index (κ3) is 1.74. The Morgan fingerprint density at radius 1 is 1.46 bits per heavy atom. The standard InChI is InChI=1S/C12H17N/c1-5-8-10-9-11(6-2)13(4)12(10)7-3/h5-8,11H,2-3,9H2,1,4H3/b8-5-/t11-/m1/s1. The minimum atomic E-state index is 0.430. The number of rotatable bonds is 3. The maximum atomic E-state index is 3.83. The zero-order chi connectivity index (χ0) is 9.84. The topological polar surface area (TPSA) is 3.24 Å². The molecule has 1 nitrogen and oxygen atoms in total. The van der Waals surface area contributed by atoms with E-state index in [1.807, 2.05) is 19.1 Å². The van der Waals surface area contributed by atoms with Gasteiger partial charge in [-0.05, 0) is 25.0 Å². The third-order valence-corrected chi connectivity index (χ3v) is 2.47. The Morgan fingerprint density at radius 3 is 2.62 bits per heavy atom. The number of nitrogens with zero attached hydrogens (tertiary/aromatic N) is 1. The van der Waals surface area contributed by atoms with Crippen molar-refractivity contribution in [1.29, 1.82) is 0 Å². The van der Waals surface area contributed by atoms with Crippen LogP contribution in [0.2, 0.25) is 0 Å². The molecule has 0 radical (unpaired) electrons. The van der Waals surface area contributed by atoms with E-state index in [-0.39, 0.29) is 0 Å². The first-order chi connectivity index (χ1) is 6.24. The van der Waals surface area contributed by atoms with Crippen molar-refractivity contribution in [2.45, 2.75) is 19.4 Å². The van der Waals surface area contributed by atoms with Crippen LogP contribution in [0.3, 0.4) is 0 Å². The fourth-order valence-corrected chi connectivity index (χ4v) is 1.74. The van der Waals surface area contributed by atoms with Crippen LogP contribution >= 0.6 is 0 Å². The van der Waals surface area contributed by atoms with Crippen molar-refractivity contribution >= 4 is 0 Å². The molecule has 0 spiro atoms. The Labute approximate surface area is 80.7 Å². The number of likely N-dealkylation sites (N-methyl/N-ethyl adjacent to an activating group) is 1. The summed E-state index contributed by atoms with van der Waals surface area (Å²) in [6.07, 6.45) is 9.17. The second-order valence-electron chi connectivity index (χ2n) is 3.23. The minimum Gasteiger partial charge on any atom is -0.368 e. The molecule has 0 N–H and O–H groups in total. The molecule has 1 aliphatic heterocycles. The molecule has 1 atom stereocenters. The van der Waals surface area contributed by atoms with E-state index in [1.165, 1.54) is 11.3 Å². The van der Waals surface area contributed by atoms with Gasteiger partial charge in [0.1, 0.15) is 0 Å². The Morgan fingerprint density at radius 2 is 2.15 bits per heavy atom. The number of allylic oxidation sites excluding steroid dienone is 3. The normalized spacial score (nSPS) is 22.9. The minimum absolute atomic E-state index is 0.430. The van der Waals surface area contributed by atoms with Crippen LogP contribution in [0.25, 0.3) is 0 Å². The average Bonchev–Trinajstić information content (AvgIpc) is 2.43. The molecule has 0 saturated carbocycles. The second-order valence-corrected chi connectivity index (χ2v) is 3.23. The highest BCUT2D eigenvalue weighted by atomic mass is 15.2. The van der Waals surface area contributed by atoms with Crippen molar-refractivity contribution < 1.29 is 0 Å². The van der Waals surface area contributed by atoms with Gasteiger partial charge in [0, 0.05) is 12.7 Å². The predicted molar refractivity (Wildman–Crippen MR) is 58.4 cm³/mol. The molecule has 0 fully saturated rings. The highest BCUT2D eigenvalue weighted by Crippen LogP contribution is 2.28. The van der Waals surface area contributed by atoms with E-state index >= 15 is 0 Å². The molecule has 0 aromatic heterocycles. The summed E-state index contributed by atoms with van der Waals surface area (Å²) in [6, 6.07) is 0.430. The zero-order valence-corrected chi connectivity index (χ0v) is 8.46. The van der Waals surface area contributed by atoms with Gasteiger partial charge in [-0.2, -0.15) is 0 Å². The molecular weight excluding hydrogens is 158 g/mol. The molecule has 0 bridgehead atoms. The fraction of sp³-hybridized carbons (Fsp3) is 0.333. The van der Waals surface area contributed by atoms with Gasteiger partial charge in [-0.25, -0.2) is 0 Å². The Hall–Kier alpha value is -1.24. The lowest BCUT2D eigenvalue weighted by Crippen LogP contribution is -2.22. The molecular formula is C12H17N. The Balaban J connectivity index is 2.95. The molecule has 70 valence electrons. The molecule has 13 heavy (non-hydrogen) atoms. The predicted octanol–water partition coefficient (Wildman–Crippen LogP) is 2.89. The quantitative estimate of drug-likeness (QED) is 0.596. The smallest absolute Gasteiger partial charge is 0.0508 e. The van der Waals surface area contributed by atoms with Crippen LogP contribution in [0, 0.1) is 0 Å². The second kappa shape index (κ2) is 4.13. The SMILES string of the molecule is C=CC1=C(/C=C\C)C[C@@H](C=C)N1C. The van der Waals surface area contributed by atoms with Crippen LogP contribution in [0.5, 0.6) is 0 Å². The molecule has 0 saturated heterocycles. The van der Waals surface area contributed by atoms with Gasteiger partial charge in [0.25, 0.3) is 0 Å². The average molecular weight is 175 g/mol. The number of hydrogen-bond donors (Lipinski definition) is 0. The van der Waals surface area contributed by atoms with Gasteiger partial charge in [0.15, 0.2) is 0 Å². The lowest BCUT2D eigenvalue weighted by molar-refractivity contribution is 0.397. The zero-order valence-electron chi connectivity index (χ0n) is 8.46. The van der Waals surface area contributed by atoms with E-state index in [2.05, 4.69) is 37.3 Å². The first kappa shape index (κ1) is 9.85. The molecule has 0 aliphatic carbocycles. The first-order valence-electron chi connectivity index (χ1n) is 4.58. The summed E-state index contributed by atoms with van der Waals surface area (Å²) in [6.45, 7) is 9.69. The van der Waals surface area contributed by atoms with Gasteiger partial charge in [-0.3, -0.25) is 0 Å². The molecule has 1 aliphatic rings. The summed E-state index contributed by atoms with van der Waals surface area (Å²) in [4.78, 5) is 2.22. The van der Waals surface area contributed by atoms with Crippen molar-refractivity contribution in [3.63, 3.8) is 0 Å². The van der Waals surface area contributed by atoms with Crippen LogP contribution in [0.4, 0.5) is 0 Å². The number of hydrogen-bond acceptors (Lipinski definition) is 1. The summed E-state index contributed by atoms with van der Waals surface area (Å²) < 4.78 is 0. The Kier molecular flexibility index (Phi) is 3.13. The van der Waals surface area contributed by atoms with Crippen LogP contribution in [-0.4, -0.2) is 18.0 Å². The highest BCUT2D eigenvalue weighted by Gasteiger charge is 2.22. The van der Waals surface area contributed by atoms with Gasteiger partial charge < -0.3 is 4.90 Å². The largest absolute Gasteiger partial charge is 0.368 e. The van der Waals surface area contributed by atoms with Crippen molar-refractivity contribution in [3.05, 3.63) is 48.7 Å². The van der Waals surface area contributed by atoms with E-state index in [1.54, 1.807) is 0 Å². The molecule has 0 amide bonds. The van der Waals surface area contributed by atoms with E-state index < -0.39 is 0 Å². The summed E-state index contributed by atoms with van der Waals surface area (Å²) in [5.74, 6) is 0. The molecule has 0 aromatic carbocycles. The summed E-state index contributed by atoms with van der Waals surface area (Å²) in [7, 11) is 2.08. The molecule has 1 heterocycles. The van der Waals surface area contributed by atoms with Crippen molar-refractivity contribution in [2.24, 2.45) is 0 Å². The lowest BCUT2D eigenvalue weighted by Gasteiger charge is -2.20. The maximum Gasteiger partial charge on any atom is 0.0508 e. The van der Waals surface area contributed by atoms with Gasteiger partial charge in [0.2, 0.25) is 0 Å². The molecule has 1 heteroatoms. The fourth-order valence-electron chi connectivity index (χ4n) is 1.74. The van der Waals surface area contributed by atoms with Gasteiger partial charge in [-0.15, -0.1) is 6.58 Å². The highest BCUT2D eigenvalue weighted by molar-refractivity contribution is 5.37. The van der Waals surface area contributed by atoms with E-state index in [0.29, 0.717) is 6.04 Å². The molecule has 1 rings (SSSR count). The van der Waals surface area contributed by atoms with Crippen molar-refractivity contribution in [3.8, 4) is 0 Å². The Bertz CT molecular complexity index is 271. The van der Waals surface area contributed by atoms with Crippen LogP contribution < -0.4 is 0 Å². The van der Waals surface area contributed by atoms with E-state index in [0.717, 1.165) is 6.42 Å².